The highest BCUT2D eigenvalue weighted by Crippen LogP contribution is 2.21. The molecule has 0 radical (unpaired) electrons. The summed E-state index contributed by atoms with van der Waals surface area (Å²) in [4.78, 5) is 11.8. The number of carbonyl (C=O) groups is 1. The van der Waals surface area contributed by atoms with Crippen molar-refractivity contribution in [3.05, 3.63) is 29.8 Å². The maximum Gasteiger partial charge on any atom is 0.243 e. The Morgan fingerprint density at radius 2 is 1.96 bits per heavy atom. The number of sulfonamides is 1. The molecule has 0 aromatic heterocycles. The number of amides is 1. The molecule has 3 N–H and O–H groups in total. The van der Waals surface area contributed by atoms with E-state index in [0.29, 0.717) is 13.1 Å². The lowest BCUT2D eigenvalue weighted by Crippen LogP contribution is -2.38. The molecule has 0 bridgehead atoms. The van der Waals surface area contributed by atoms with Crippen LogP contribution in [-0.4, -0.2) is 37.8 Å². The van der Waals surface area contributed by atoms with Crippen LogP contribution in [0.15, 0.2) is 29.2 Å². The van der Waals surface area contributed by atoms with Crippen molar-refractivity contribution in [2.75, 3.05) is 13.1 Å². The normalized spacial score (nSPS) is 17.1. The largest absolute Gasteiger partial charge is 0.351 e. The highest BCUT2D eigenvalue weighted by Gasteiger charge is 2.25. The summed E-state index contributed by atoms with van der Waals surface area (Å²) in [5.74, 6) is -0.260. The highest BCUT2D eigenvalue weighted by atomic mass is 35.5. The summed E-state index contributed by atoms with van der Waals surface area (Å²) < 4.78 is 26.7. The van der Waals surface area contributed by atoms with Crippen molar-refractivity contribution in [3.8, 4) is 0 Å². The predicted octanol–water partition coefficient (Wildman–Crippen LogP) is 1.25. The summed E-state index contributed by atoms with van der Waals surface area (Å²) in [6.45, 7) is 3.03. The van der Waals surface area contributed by atoms with Crippen LogP contribution < -0.4 is 11.1 Å². The molecule has 130 valence electrons. The minimum atomic E-state index is -3.44. The summed E-state index contributed by atoms with van der Waals surface area (Å²) in [6.07, 6.45) is 2.89. The van der Waals surface area contributed by atoms with Crippen LogP contribution in [0.4, 0.5) is 0 Å². The first kappa shape index (κ1) is 19.9. The van der Waals surface area contributed by atoms with Crippen LogP contribution in [0.25, 0.3) is 0 Å². The number of hydrogen-bond donors (Lipinski definition) is 2. The Kier molecular flexibility index (Phi) is 7.47. The molecule has 23 heavy (non-hydrogen) atoms. The molecule has 1 aliphatic heterocycles. The quantitative estimate of drug-likeness (QED) is 0.825. The fourth-order valence-electron chi connectivity index (χ4n) is 2.42. The Morgan fingerprint density at radius 3 is 2.57 bits per heavy atom. The average Bonchev–Trinajstić information content (AvgIpc) is 2.53. The van der Waals surface area contributed by atoms with Gasteiger partial charge in [0.15, 0.2) is 0 Å². The first-order valence-electron chi connectivity index (χ1n) is 7.53. The third-order valence-corrected chi connectivity index (χ3v) is 5.63. The number of halogens is 1. The van der Waals surface area contributed by atoms with Gasteiger partial charge < -0.3 is 11.1 Å². The van der Waals surface area contributed by atoms with E-state index in [4.69, 9.17) is 5.73 Å². The molecule has 0 aliphatic carbocycles. The summed E-state index contributed by atoms with van der Waals surface area (Å²) in [7, 11) is -3.44. The summed E-state index contributed by atoms with van der Waals surface area (Å²) in [5, 5.41) is 2.68. The van der Waals surface area contributed by atoms with Crippen LogP contribution >= 0.6 is 12.4 Å². The van der Waals surface area contributed by atoms with Gasteiger partial charge in [0, 0.05) is 19.6 Å². The van der Waals surface area contributed by atoms with Crippen molar-refractivity contribution >= 4 is 28.3 Å². The van der Waals surface area contributed by atoms with Crippen LogP contribution in [0.3, 0.4) is 0 Å². The lowest BCUT2D eigenvalue weighted by Gasteiger charge is -2.26. The molecule has 0 unspecified atom stereocenters. The SMILES string of the molecule is C[C@@H](N)C(=O)NCc1cccc(S(=O)(=O)N2CCCCC2)c1.Cl. The van der Waals surface area contributed by atoms with Gasteiger partial charge in [-0.1, -0.05) is 18.6 Å². The first-order chi connectivity index (χ1) is 10.4. The number of benzene rings is 1. The highest BCUT2D eigenvalue weighted by molar-refractivity contribution is 7.89. The Bertz CT molecular complexity index is 629. The van der Waals surface area contributed by atoms with Gasteiger partial charge in [0.25, 0.3) is 0 Å². The molecule has 1 aromatic rings. The van der Waals surface area contributed by atoms with Crippen molar-refractivity contribution in [3.63, 3.8) is 0 Å². The number of nitrogens with two attached hydrogens (primary N) is 1. The Hall–Kier alpha value is -1.15. The third kappa shape index (κ3) is 5.17. The second-order valence-corrected chi connectivity index (χ2v) is 7.56. The lowest BCUT2D eigenvalue weighted by molar-refractivity contribution is -0.122. The fraction of sp³-hybridized carbons (Fsp3) is 0.533. The third-order valence-electron chi connectivity index (χ3n) is 3.73. The van der Waals surface area contributed by atoms with Crippen LogP contribution in [0.1, 0.15) is 31.7 Å². The molecule has 0 spiro atoms. The van der Waals surface area contributed by atoms with Crippen molar-refractivity contribution in [1.82, 2.24) is 9.62 Å². The molecule has 8 heteroatoms. The van der Waals surface area contributed by atoms with Crippen molar-refractivity contribution in [2.45, 2.75) is 43.7 Å². The smallest absolute Gasteiger partial charge is 0.243 e. The van der Waals surface area contributed by atoms with E-state index in [1.807, 2.05) is 0 Å². The van der Waals surface area contributed by atoms with E-state index >= 15 is 0 Å². The van der Waals surface area contributed by atoms with Gasteiger partial charge in [0.05, 0.1) is 10.9 Å². The molecule has 1 fully saturated rings. The van der Waals surface area contributed by atoms with Crippen LogP contribution in [-0.2, 0) is 21.4 Å². The molecule has 0 saturated carbocycles. The van der Waals surface area contributed by atoms with E-state index < -0.39 is 16.1 Å². The van der Waals surface area contributed by atoms with Gasteiger partial charge >= 0.3 is 0 Å². The van der Waals surface area contributed by atoms with E-state index in [2.05, 4.69) is 5.32 Å². The van der Waals surface area contributed by atoms with Gasteiger partial charge in [0.1, 0.15) is 0 Å². The summed E-state index contributed by atoms with van der Waals surface area (Å²) >= 11 is 0. The molecule has 1 heterocycles. The first-order valence-corrected chi connectivity index (χ1v) is 8.97. The van der Waals surface area contributed by atoms with Gasteiger partial charge in [-0.15, -0.1) is 12.4 Å². The second-order valence-electron chi connectivity index (χ2n) is 5.62. The lowest BCUT2D eigenvalue weighted by atomic mass is 10.2. The van der Waals surface area contributed by atoms with Crippen LogP contribution in [0.5, 0.6) is 0 Å². The van der Waals surface area contributed by atoms with Crippen molar-refractivity contribution < 1.29 is 13.2 Å². The van der Waals surface area contributed by atoms with E-state index in [9.17, 15) is 13.2 Å². The number of carbonyl (C=O) groups excluding carboxylic acids is 1. The zero-order valence-corrected chi connectivity index (χ0v) is 14.8. The molecule has 1 atom stereocenters. The van der Waals surface area contributed by atoms with Crippen molar-refractivity contribution in [1.29, 1.82) is 0 Å². The summed E-state index contributed by atoms with van der Waals surface area (Å²) in [6, 6.07) is 6.12. The minimum Gasteiger partial charge on any atom is -0.351 e. The van der Waals surface area contributed by atoms with Gasteiger partial charge in [0.2, 0.25) is 15.9 Å². The van der Waals surface area contributed by atoms with Gasteiger partial charge in [-0.05, 0) is 37.5 Å². The summed E-state index contributed by atoms with van der Waals surface area (Å²) in [5.41, 5.74) is 6.22. The maximum atomic E-state index is 12.6. The number of piperidine rings is 1. The van der Waals surface area contributed by atoms with Crippen molar-refractivity contribution in [2.24, 2.45) is 5.73 Å². The topological polar surface area (TPSA) is 92.5 Å². The van der Waals surface area contributed by atoms with E-state index in [0.717, 1.165) is 24.8 Å². The molecular weight excluding hydrogens is 338 g/mol. The average molecular weight is 362 g/mol. The van der Waals surface area contributed by atoms with Crippen LogP contribution in [0, 0.1) is 0 Å². The zero-order valence-electron chi connectivity index (χ0n) is 13.2. The minimum absolute atomic E-state index is 0. The zero-order chi connectivity index (χ0) is 16.2. The van der Waals surface area contributed by atoms with E-state index in [1.165, 1.54) is 4.31 Å². The number of hydrogen-bond acceptors (Lipinski definition) is 4. The van der Waals surface area contributed by atoms with Gasteiger partial charge in [-0.3, -0.25) is 4.79 Å². The molecule has 6 nitrogen and oxygen atoms in total. The molecule has 1 saturated heterocycles. The second kappa shape index (κ2) is 8.63. The molecule has 1 amide bonds. The Labute approximate surface area is 143 Å². The molecule has 1 aromatic carbocycles. The number of rotatable bonds is 5. The Balaban J connectivity index is 0.00000264. The maximum absolute atomic E-state index is 12.6. The molecule has 1 aliphatic rings. The standard InChI is InChI=1S/C15H23N3O3S.ClH/c1-12(16)15(19)17-11-13-6-5-7-14(10-13)22(20,21)18-8-3-2-4-9-18;/h5-7,10,12H,2-4,8-9,11,16H2,1H3,(H,17,19);1H/t12-;/m1./s1. The monoisotopic (exact) mass is 361 g/mol. The molecular formula is C15H24ClN3O3S. The Morgan fingerprint density at radius 1 is 1.30 bits per heavy atom. The van der Waals surface area contributed by atoms with Gasteiger partial charge in [-0.2, -0.15) is 4.31 Å². The predicted molar refractivity (Wildman–Crippen MR) is 91.8 cm³/mol. The van der Waals surface area contributed by atoms with Crippen LogP contribution in [0.2, 0.25) is 0 Å². The number of nitrogens with one attached hydrogen (secondary N) is 1. The van der Waals surface area contributed by atoms with E-state index in [-0.39, 0.29) is 29.8 Å². The molecule has 2 rings (SSSR count). The fourth-order valence-corrected chi connectivity index (χ4v) is 4.01. The number of nitrogens with zero attached hydrogens (tertiary/aromatic N) is 1. The van der Waals surface area contributed by atoms with E-state index in [1.54, 1.807) is 31.2 Å². The van der Waals surface area contributed by atoms with Gasteiger partial charge in [-0.25, -0.2) is 8.42 Å².